The number of carboxylic acids is 1. The van der Waals surface area contributed by atoms with E-state index in [-0.39, 0.29) is 12.1 Å². The van der Waals surface area contributed by atoms with Gasteiger partial charge in [0.2, 0.25) is 0 Å². The van der Waals surface area contributed by atoms with Gasteiger partial charge in [0.05, 0.1) is 11.0 Å². The van der Waals surface area contributed by atoms with Crippen molar-refractivity contribution in [2.24, 2.45) is 5.41 Å². The van der Waals surface area contributed by atoms with Crippen molar-refractivity contribution in [3.63, 3.8) is 0 Å². The first kappa shape index (κ1) is 18.1. The van der Waals surface area contributed by atoms with Gasteiger partial charge < -0.3 is 15.7 Å². The molecule has 1 saturated carbocycles. The van der Waals surface area contributed by atoms with Crippen molar-refractivity contribution >= 4 is 23.8 Å². The van der Waals surface area contributed by atoms with Crippen molar-refractivity contribution in [1.29, 1.82) is 0 Å². The normalized spacial score (nSPS) is 23.5. The molecule has 0 atom stereocenters. The van der Waals surface area contributed by atoms with Crippen LogP contribution < -0.4 is 10.6 Å². The van der Waals surface area contributed by atoms with Gasteiger partial charge in [0.15, 0.2) is 0 Å². The van der Waals surface area contributed by atoms with Gasteiger partial charge in [-0.1, -0.05) is 0 Å². The molecule has 0 aromatic rings. The minimum Gasteiger partial charge on any atom is -0.481 e. The van der Waals surface area contributed by atoms with Crippen LogP contribution in [0.4, 0.5) is 4.79 Å². The summed E-state index contributed by atoms with van der Waals surface area (Å²) in [6.07, 6.45) is 6.34. The molecular weight excluding hydrogens is 288 g/mol. The van der Waals surface area contributed by atoms with E-state index in [9.17, 15) is 14.7 Å². The van der Waals surface area contributed by atoms with Crippen LogP contribution in [0.1, 0.15) is 53.4 Å². The summed E-state index contributed by atoms with van der Waals surface area (Å²) in [5.74, 6) is -0.923. The van der Waals surface area contributed by atoms with E-state index in [2.05, 4.69) is 16.9 Å². The molecule has 1 aliphatic rings. The molecule has 0 aromatic heterocycles. The number of urea groups is 1. The molecule has 21 heavy (non-hydrogen) atoms. The van der Waals surface area contributed by atoms with Crippen LogP contribution in [0.3, 0.4) is 0 Å². The van der Waals surface area contributed by atoms with Crippen LogP contribution in [0.15, 0.2) is 0 Å². The molecule has 0 spiro atoms. The number of nitrogens with one attached hydrogen (secondary N) is 2. The third kappa shape index (κ3) is 4.53. The highest BCUT2D eigenvalue weighted by atomic mass is 32.2. The molecule has 1 fully saturated rings. The van der Waals surface area contributed by atoms with Gasteiger partial charge in [0.1, 0.15) is 0 Å². The second-order valence-corrected chi connectivity index (χ2v) is 8.00. The van der Waals surface area contributed by atoms with E-state index >= 15 is 0 Å². The van der Waals surface area contributed by atoms with Crippen molar-refractivity contribution in [2.75, 3.05) is 6.26 Å². The Morgan fingerprint density at radius 3 is 2.05 bits per heavy atom. The Bertz CT molecular complexity index is 388. The van der Waals surface area contributed by atoms with Crippen molar-refractivity contribution < 1.29 is 14.7 Å². The maximum atomic E-state index is 12.1. The van der Waals surface area contributed by atoms with Crippen molar-refractivity contribution in [3.05, 3.63) is 0 Å². The summed E-state index contributed by atoms with van der Waals surface area (Å²) in [5, 5.41) is 15.8. The quantitative estimate of drug-likeness (QED) is 0.729. The molecule has 0 unspecified atom stereocenters. The molecule has 3 N–H and O–H groups in total. The summed E-state index contributed by atoms with van der Waals surface area (Å²) in [4.78, 5) is 23.5. The van der Waals surface area contributed by atoms with Crippen molar-refractivity contribution in [3.8, 4) is 0 Å². The summed E-state index contributed by atoms with van der Waals surface area (Å²) >= 11 is 1.89. The van der Waals surface area contributed by atoms with Gasteiger partial charge in [-0.25, -0.2) is 4.79 Å². The van der Waals surface area contributed by atoms with Gasteiger partial charge in [0, 0.05) is 11.3 Å². The minimum atomic E-state index is -1.04. The molecule has 0 saturated heterocycles. The number of hydrogen-bond acceptors (Lipinski definition) is 3. The summed E-state index contributed by atoms with van der Waals surface area (Å²) in [7, 11) is 0. The van der Waals surface area contributed by atoms with Crippen LogP contribution in [0.5, 0.6) is 0 Å². The molecule has 2 amide bonds. The van der Waals surface area contributed by atoms with Crippen molar-refractivity contribution in [1.82, 2.24) is 10.6 Å². The van der Waals surface area contributed by atoms with E-state index < -0.39 is 16.9 Å². The third-order valence-electron chi connectivity index (χ3n) is 4.87. The molecule has 0 bridgehead atoms. The highest BCUT2D eigenvalue weighted by Gasteiger charge is 2.44. The molecule has 0 aromatic carbocycles. The minimum absolute atomic E-state index is 0.192. The lowest BCUT2D eigenvalue weighted by Crippen LogP contribution is -2.60. The zero-order valence-electron chi connectivity index (χ0n) is 13.7. The number of amides is 2. The molecular formula is C15H28N2O3S. The number of carboxylic acid groups (broad SMARTS) is 1. The second kappa shape index (κ2) is 6.90. The Kier molecular flexibility index (Phi) is 5.96. The fraction of sp³-hybridized carbons (Fsp3) is 0.867. The van der Waals surface area contributed by atoms with Crippen molar-refractivity contribution in [2.45, 2.75) is 70.2 Å². The maximum absolute atomic E-state index is 12.1. The first-order valence-corrected chi connectivity index (χ1v) is 8.74. The Morgan fingerprint density at radius 1 is 1.10 bits per heavy atom. The van der Waals surface area contributed by atoms with E-state index in [0.29, 0.717) is 5.25 Å². The second-order valence-electron chi connectivity index (χ2n) is 6.86. The average molecular weight is 316 g/mol. The SMILES string of the molecule is CSC1CCC(NC(=O)NC(C)(C)C(C)(C)C(=O)O)CC1. The van der Waals surface area contributed by atoms with Gasteiger partial charge in [-0.05, 0) is 59.6 Å². The smallest absolute Gasteiger partial charge is 0.315 e. The largest absolute Gasteiger partial charge is 0.481 e. The van der Waals surface area contributed by atoms with Crippen LogP contribution in [0, 0.1) is 5.41 Å². The molecule has 1 rings (SSSR count). The predicted octanol–water partition coefficient (Wildman–Crippen LogP) is 2.85. The highest BCUT2D eigenvalue weighted by molar-refractivity contribution is 7.99. The molecule has 0 radical (unpaired) electrons. The molecule has 5 nitrogen and oxygen atoms in total. The average Bonchev–Trinajstić information content (AvgIpc) is 2.38. The molecule has 0 heterocycles. The molecule has 122 valence electrons. The Hall–Kier alpha value is -0.910. The van der Waals surface area contributed by atoms with E-state index in [4.69, 9.17) is 0 Å². The third-order valence-corrected chi connectivity index (χ3v) is 6.00. The number of hydrogen-bond donors (Lipinski definition) is 3. The van der Waals surface area contributed by atoms with Gasteiger partial charge in [0.25, 0.3) is 0 Å². The summed E-state index contributed by atoms with van der Waals surface area (Å²) in [6.45, 7) is 6.73. The number of rotatable bonds is 5. The first-order valence-electron chi connectivity index (χ1n) is 7.45. The van der Waals surface area contributed by atoms with E-state index in [1.54, 1.807) is 27.7 Å². The maximum Gasteiger partial charge on any atom is 0.315 e. The molecule has 1 aliphatic carbocycles. The Labute approximate surface area is 131 Å². The Morgan fingerprint density at radius 2 is 1.62 bits per heavy atom. The monoisotopic (exact) mass is 316 g/mol. The predicted molar refractivity (Wildman–Crippen MR) is 86.7 cm³/mol. The van der Waals surface area contributed by atoms with Crippen LogP contribution in [-0.4, -0.2) is 40.2 Å². The molecule has 6 heteroatoms. The zero-order chi connectivity index (χ0) is 16.3. The topological polar surface area (TPSA) is 78.4 Å². The van der Waals surface area contributed by atoms with Crippen LogP contribution in [0.2, 0.25) is 0 Å². The Balaban J connectivity index is 2.52. The lowest BCUT2D eigenvalue weighted by atomic mass is 9.74. The van der Waals surface area contributed by atoms with E-state index in [0.717, 1.165) is 25.7 Å². The van der Waals surface area contributed by atoms with Crippen LogP contribution >= 0.6 is 11.8 Å². The van der Waals surface area contributed by atoms with Crippen LogP contribution in [-0.2, 0) is 4.79 Å². The van der Waals surface area contributed by atoms with E-state index in [1.165, 1.54) is 0 Å². The number of carbonyl (C=O) groups excluding carboxylic acids is 1. The van der Waals surface area contributed by atoms with Crippen LogP contribution in [0.25, 0.3) is 0 Å². The fourth-order valence-corrected chi connectivity index (χ4v) is 3.12. The zero-order valence-corrected chi connectivity index (χ0v) is 14.5. The summed E-state index contributed by atoms with van der Waals surface area (Å²) < 4.78 is 0. The number of aliphatic carboxylic acids is 1. The fourth-order valence-electron chi connectivity index (χ4n) is 2.37. The first-order chi connectivity index (χ1) is 9.60. The van der Waals surface area contributed by atoms with E-state index in [1.807, 2.05) is 11.8 Å². The van der Waals surface area contributed by atoms with Gasteiger partial charge in [-0.3, -0.25) is 4.79 Å². The standard InChI is InChI=1S/C15H28N2O3S/c1-14(2,12(18)19)15(3,4)17-13(20)16-10-6-8-11(21-5)9-7-10/h10-11H,6-9H2,1-5H3,(H,18,19)(H2,16,17,20). The summed E-state index contributed by atoms with van der Waals surface area (Å²) in [5.41, 5.74) is -1.87. The lowest BCUT2D eigenvalue weighted by molar-refractivity contribution is -0.150. The summed E-state index contributed by atoms with van der Waals surface area (Å²) in [6, 6.07) is -0.0842. The number of carbonyl (C=O) groups is 2. The van der Waals surface area contributed by atoms with Gasteiger partial charge >= 0.3 is 12.0 Å². The highest BCUT2D eigenvalue weighted by Crippen LogP contribution is 2.31. The molecule has 0 aliphatic heterocycles. The lowest BCUT2D eigenvalue weighted by Gasteiger charge is -2.39. The van der Waals surface area contributed by atoms with Gasteiger partial charge in [-0.2, -0.15) is 11.8 Å². The van der Waals surface area contributed by atoms with Gasteiger partial charge in [-0.15, -0.1) is 0 Å². The number of thioether (sulfide) groups is 1.